The van der Waals surface area contributed by atoms with E-state index in [0.717, 1.165) is 32.6 Å². The molecule has 0 spiro atoms. The van der Waals surface area contributed by atoms with Gasteiger partial charge in [0.15, 0.2) is 0 Å². The van der Waals surface area contributed by atoms with E-state index in [1.807, 2.05) is 48.0 Å². The van der Waals surface area contributed by atoms with E-state index in [1.54, 1.807) is 36.0 Å². The number of rotatable bonds is 4. The number of hydrogen-bond donors (Lipinski definition) is 0. The molecular weight excluding hydrogens is 405 g/mol. The Kier molecular flexibility index (Phi) is 5.39. The minimum absolute atomic E-state index is 0.286. The second-order valence-electron chi connectivity index (χ2n) is 6.40. The van der Waals surface area contributed by atoms with Gasteiger partial charge in [-0.25, -0.2) is 9.37 Å². The average Bonchev–Trinajstić information content (AvgIpc) is 3.06. The molecule has 0 amide bonds. The molecule has 142 valence electrons. The van der Waals surface area contributed by atoms with Gasteiger partial charge in [0.25, 0.3) is 0 Å². The van der Waals surface area contributed by atoms with Crippen molar-refractivity contribution >= 4 is 23.4 Å². The molecule has 0 aliphatic heterocycles. The molecule has 0 radical (unpaired) electrons. The highest BCUT2D eigenvalue weighted by Crippen LogP contribution is 2.38. The predicted octanol–water partition coefficient (Wildman–Crippen LogP) is 6.57. The van der Waals surface area contributed by atoms with Crippen molar-refractivity contribution in [2.24, 2.45) is 7.05 Å². The van der Waals surface area contributed by atoms with Gasteiger partial charge < -0.3 is 4.57 Å². The number of nitrogens with zero attached hydrogens (tertiary/aromatic N) is 3. The first-order valence-electron chi connectivity index (χ1n) is 8.82. The Morgan fingerprint density at radius 2 is 1.55 bits per heavy atom. The summed E-state index contributed by atoms with van der Waals surface area (Å²) < 4.78 is 15.4. The zero-order valence-electron chi connectivity index (χ0n) is 15.4. The second-order valence-corrected chi connectivity index (χ2v) is 7.90. The van der Waals surface area contributed by atoms with Crippen LogP contribution in [0.1, 0.15) is 5.56 Å². The van der Waals surface area contributed by atoms with Gasteiger partial charge in [-0.3, -0.25) is 0 Å². The smallest absolute Gasteiger partial charge is 0.141 e. The van der Waals surface area contributed by atoms with E-state index in [2.05, 4.69) is 6.07 Å². The van der Waals surface area contributed by atoms with E-state index >= 15 is 0 Å². The van der Waals surface area contributed by atoms with Crippen LogP contribution in [0.4, 0.5) is 4.39 Å². The Morgan fingerprint density at radius 1 is 0.931 bits per heavy atom. The lowest BCUT2D eigenvalue weighted by Crippen LogP contribution is -1.94. The van der Waals surface area contributed by atoms with Crippen LogP contribution in [0.5, 0.6) is 0 Å². The number of aromatic nitrogens is 2. The summed E-state index contributed by atoms with van der Waals surface area (Å²) in [5, 5.41) is 10.7. The van der Waals surface area contributed by atoms with Crippen LogP contribution in [-0.4, -0.2) is 9.55 Å². The van der Waals surface area contributed by atoms with Gasteiger partial charge in [-0.05, 0) is 60.7 Å². The molecule has 29 heavy (non-hydrogen) atoms. The van der Waals surface area contributed by atoms with E-state index in [1.165, 1.54) is 12.1 Å². The molecule has 0 N–H and O–H groups in total. The third-order valence-electron chi connectivity index (χ3n) is 4.46. The Morgan fingerprint density at radius 3 is 2.17 bits per heavy atom. The van der Waals surface area contributed by atoms with Gasteiger partial charge in [-0.2, -0.15) is 5.26 Å². The van der Waals surface area contributed by atoms with Crippen molar-refractivity contribution in [3.05, 3.63) is 89.2 Å². The van der Waals surface area contributed by atoms with Gasteiger partial charge in [0.2, 0.25) is 0 Å². The molecule has 6 heteroatoms. The third kappa shape index (κ3) is 4.04. The third-order valence-corrected chi connectivity index (χ3v) is 5.88. The number of nitriles is 1. The highest BCUT2D eigenvalue weighted by Gasteiger charge is 2.19. The zero-order chi connectivity index (χ0) is 20.4. The van der Waals surface area contributed by atoms with Crippen molar-refractivity contribution in [1.29, 1.82) is 5.26 Å². The van der Waals surface area contributed by atoms with Gasteiger partial charge in [0.1, 0.15) is 22.4 Å². The molecule has 0 bridgehead atoms. The SMILES string of the molecule is Cn1c(-c2ccc(F)cc2)nc(-c2ccc(C#N)cc2)c1Sc1ccc(Cl)cc1. The van der Waals surface area contributed by atoms with Crippen LogP contribution in [0.3, 0.4) is 0 Å². The van der Waals surface area contributed by atoms with Crippen LogP contribution in [0.25, 0.3) is 22.6 Å². The fourth-order valence-corrected chi connectivity index (χ4v) is 4.07. The molecule has 0 atom stereocenters. The van der Waals surface area contributed by atoms with E-state index in [0.29, 0.717) is 10.6 Å². The standard InChI is InChI=1S/C23H15ClFN3S/c1-28-22(17-6-10-19(25)11-7-17)27-21(16-4-2-15(14-26)3-5-16)23(28)29-20-12-8-18(24)9-13-20/h2-13H,1H3. The summed E-state index contributed by atoms with van der Waals surface area (Å²) in [6.07, 6.45) is 0. The van der Waals surface area contributed by atoms with E-state index in [9.17, 15) is 4.39 Å². The summed E-state index contributed by atoms with van der Waals surface area (Å²) in [4.78, 5) is 5.89. The minimum Gasteiger partial charge on any atom is -0.322 e. The average molecular weight is 420 g/mol. The minimum atomic E-state index is -0.286. The fourth-order valence-electron chi connectivity index (χ4n) is 2.96. The Labute approximate surface area is 177 Å². The van der Waals surface area contributed by atoms with Gasteiger partial charge in [0, 0.05) is 28.1 Å². The largest absolute Gasteiger partial charge is 0.322 e. The molecule has 3 nitrogen and oxygen atoms in total. The topological polar surface area (TPSA) is 41.6 Å². The summed E-state index contributed by atoms with van der Waals surface area (Å²) >= 11 is 7.59. The molecule has 1 aromatic heterocycles. The van der Waals surface area contributed by atoms with E-state index in [-0.39, 0.29) is 5.82 Å². The van der Waals surface area contributed by atoms with E-state index < -0.39 is 0 Å². The van der Waals surface area contributed by atoms with Crippen molar-refractivity contribution in [3.8, 4) is 28.7 Å². The highest BCUT2D eigenvalue weighted by atomic mass is 35.5. The monoisotopic (exact) mass is 419 g/mol. The number of hydrogen-bond acceptors (Lipinski definition) is 3. The molecule has 0 saturated carbocycles. The molecule has 0 fully saturated rings. The maximum Gasteiger partial charge on any atom is 0.141 e. The van der Waals surface area contributed by atoms with Gasteiger partial charge in [-0.1, -0.05) is 35.5 Å². The van der Waals surface area contributed by atoms with Crippen molar-refractivity contribution < 1.29 is 4.39 Å². The molecule has 0 aliphatic rings. The van der Waals surface area contributed by atoms with Gasteiger partial charge >= 0.3 is 0 Å². The molecule has 3 aromatic carbocycles. The predicted molar refractivity (Wildman–Crippen MR) is 114 cm³/mol. The second kappa shape index (κ2) is 8.12. The van der Waals surface area contributed by atoms with Crippen molar-refractivity contribution in [2.75, 3.05) is 0 Å². The van der Waals surface area contributed by atoms with Crippen molar-refractivity contribution in [2.45, 2.75) is 9.92 Å². The van der Waals surface area contributed by atoms with Crippen LogP contribution in [0, 0.1) is 17.1 Å². The fraction of sp³-hybridized carbons (Fsp3) is 0.0435. The lowest BCUT2D eigenvalue weighted by atomic mass is 10.1. The molecule has 4 aromatic rings. The Balaban J connectivity index is 1.84. The van der Waals surface area contributed by atoms with Crippen LogP contribution < -0.4 is 0 Å². The summed E-state index contributed by atoms with van der Waals surface area (Å²) in [6.45, 7) is 0. The Bertz CT molecular complexity index is 1190. The normalized spacial score (nSPS) is 10.7. The first-order chi connectivity index (χ1) is 14.0. The van der Waals surface area contributed by atoms with Crippen LogP contribution >= 0.6 is 23.4 Å². The van der Waals surface area contributed by atoms with E-state index in [4.69, 9.17) is 21.8 Å². The number of halogens is 2. The van der Waals surface area contributed by atoms with Crippen molar-refractivity contribution in [3.63, 3.8) is 0 Å². The van der Waals surface area contributed by atoms with Crippen LogP contribution in [-0.2, 0) is 7.05 Å². The molecule has 0 saturated heterocycles. The maximum atomic E-state index is 13.4. The lowest BCUT2D eigenvalue weighted by molar-refractivity contribution is 0.628. The molecule has 4 rings (SSSR count). The van der Waals surface area contributed by atoms with Crippen LogP contribution in [0.2, 0.25) is 5.02 Å². The summed E-state index contributed by atoms with van der Waals surface area (Å²) in [6, 6.07) is 23.4. The lowest BCUT2D eigenvalue weighted by Gasteiger charge is -2.08. The summed E-state index contributed by atoms with van der Waals surface area (Å²) in [5.41, 5.74) is 3.13. The van der Waals surface area contributed by atoms with Crippen LogP contribution in [0.15, 0.2) is 82.7 Å². The molecular formula is C23H15ClFN3S. The molecule has 0 unspecified atom stereocenters. The quantitative estimate of drug-likeness (QED) is 0.375. The first kappa shape index (κ1) is 19.3. The summed E-state index contributed by atoms with van der Waals surface area (Å²) in [5.74, 6) is 0.451. The van der Waals surface area contributed by atoms with Gasteiger partial charge in [-0.15, -0.1) is 0 Å². The van der Waals surface area contributed by atoms with Gasteiger partial charge in [0.05, 0.1) is 11.6 Å². The molecule has 0 aliphatic carbocycles. The highest BCUT2D eigenvalue weighted by molar-refractivity contribution is 7.99. The zero-order valence-corrected chi connectivity index (χ0v) is 17.0. The Hall–Kier alpha value is -3.07. The van der Waals surface area contributed by atoms with Crippen molar-refractivity contribution in [1.82, 2.24) is 9.55 Å². The maximum absolute atomic E-state index is 13.4. The number of benzene rings is 3. The first-order valence-corrected chi connectivity index (χ1v) is 10.0. The summed E-state index contributed by atoms with van der Waals surface area (Å²) in [7, 11) is 1.94. The number of imidazole rings is 1. The molecule has 1 heterocycles.